The van der Waals surface area contributed by atoms with Crippen LogP contribution in [0.3, 0.4) is 0 Å². The summed E-state index contributed by atoms with van der Waals surface area (Å²) in [5.74, 6) is -3.73. The highest BCUT2D eigenvalue weighted by atomic mass is 19.4. The zero-order valence-corrected chi connectivity index (χ0v) is 17.2. The normalized spacial score (nSPS) is 15.7. The van der Waals surface area contributed by atoms with Crippen LogP contribution in [0.4, 0.5) is 26.7 Å². The second-order valence-electron chi connectivity index (χ2n) is 7.37. The molecule has 1 aliphatic heterocycles. The second kappa shape index (κ2) is 9.59. The molecule has 0 unspecified atom stereocenters. The number of ether oxygens (including phenoxy) is 1. The van der Waals surface area contributed by atoms with Gasteiger partial charge in [-0.05, 0) is 30.3 Å². The first kappa shape index (κ1) is 24.2. The van der Waals surface area contributed by atoms with Crippen LogP contribution in [0, 0.1) is 0 Å². The van der Waals surface area contributed by atoms with E-state index in [1.54, 1.807) is 0 Å². The van der Waals surface area contributed by atoms with E-state index in [-0.39, 0.29) is 43.1 Å². The first-order valence-corrected chi connectivity index (χ1v) is 9.91. The van der Waals surface area contributed by atoms with E-state index in [0.717, 1.165) is 12.1 Å². The Labute approximate surface area is 185 Å². The van der Waals surface area contributed by atoms with Gasteiger partial charge in [-0.15, -0.1) is 0 Å². The van der Waals surface area contributed by atoms with Crippen molar-refractivity contribution in [3.63, 3.8) is 0 Å². The summed E-state index contributed by atoms with van der Waals surface area (Å²) in [6, 6.07) is 6.06. The number of carbonyl (C=O) groups is 2. The molecule has 0 atom stereocenters. The number of benzene rings is 1. The minimum Gasteiger partial charge on any atom is -0.491 e. The van der Waals surface area contributed by atoms with Crippen LogP contribution in [0.2, 0.25) is 0 Å². The Bertz CT molecular complexity index is 1000. The van der Waals surface area contributed by atoms with Crippen molar-refractivity contribution < 1.29 is 41.4 Å². The Morgan fingerprint density at radius 3 is 2.42 bits per heavy atom. The quantitative estimate of drug-likeness (QED) is 0.483. The van der Waals surface area contributed by atoms with Gasteiger partial charge < -0.3 is 20.1 Å². The molecule has 0 bridgehead atoms. The highest BCUT2D eigenvalue weighted by Crippen LogP contribution is 2.38. The monoisotopic (exact) mass is 473 g/mol. The number of pyridine rings is 1. The highest BCUT2D eigenvalue weighted by molar-refractivity contribution is 5.94. The zero-order valence-electron chi connectivity index (χ0n) is 17.2. The molecular formula is C21H20F5N3O4. The van der Waals surface area contributed by atoms with Gasteiger partial charge in [-0.25, -0.2) is 13.6 Å². The third-order valence-corrected chi connectivity index (χ3v) is 5.01. The molecule has 1 saturated heterocycles. The van der Waals surface area contributed by atoms with Crippen LogP contribution in [0.1, 0.15) is 28.8 Å². The number of likely N-dealkylation sites (tertiary alicyclic amines) is 1. The molecule has 0 saturated carbocycles. The maximum atomic E-state index is 13.5. The van der Waals surface area contributed by atoms with Gasteiger partial charge in [-0.3, -0.25) is 9.78 Å². The predicted octanol–water partition coefficient (Wildman–Crippen LogP) is 4.29. The van der Waals surface area contributed by atoms with E-state index >= 15 is 0 Å². The fourth-order valence-electron chi connectivity index (χ4n) is 3.27. The summed E-state index contributed by atoms with van der Waals surface area (Å²) in [4.78, 5) is 28.3. The number of piperidine rings is 1. The van der Waals surface area contributed by atoms with Crippen molar-refractivity contribution in [2.24, 2.45) is 0 Å². The average molecular weight is 473 g/mol. The number of hydrogen-bond donors (Lipinski definition) is 2. The van der Waals surface area contributed by atoms with Gasteiger partial charge >= 0.3 is 12.3 Å². The van der Waals surface area contributed by atoms with Crippen molar-refractivity contribution in [1.82, 2.24) is 15.2 Å². The molecule has 178 valence electrons. The number of hydrogen-bond acceptors (Lipinski definition) is 4. The van der Waals surface area contributed by atoms with Gasteiger partial charge in [0, 0.05) is 37.7 Å². The molecule has 7 nitrogen and oxygen atoms in total. The number of alkyl halides is 5. The van der Waals surface area contributed by atoms with E-state index in [2.05, 4.69) is 4.98 Å². The largest absolute Gasteiger partial charge is 0.491 e. The van der Waals surface area contributed by atoms with Crippen LogP contribution in [0.15, 0.2) is 36.5 Å². The fourth-order valence-corrected chi connectivity index (χ4v) is 3.27. The zero-order chi connectivity index (χ0) is 24.2. The lowest BCUT2D eigenvalue weighted by Gasteiger charge is -2.31. The van der Waals surface area contributed by atoms with Gasteiger partial charge in [-0.1, -0.05) is 0 Å². The number of carbonyl (C=O) groups excluding carboxylic acids is 1. The molecule has 2 amide bonds. The summed E-state index contributed by atoms with van der Waals surface area (Å²) >= 11 is 0. The van der Waals surface area contributed by atoms with Crippen molar-refractivity contribution in [1.29, 1.82) is 0 Å². The molecule has 2 N–H and O–H groups in total. The molecule has 1 aromatic heterocycles. The minimum absolute atomic E-state index is 0.0913. The first-order chi connectivity index (χ1) is 15.5. The third kappa shape index (κ3) is 6.30. The van der Waals surface area contributed by atoms with Gasteiger partial charge in [0.2, 0.25) is 0 Å². The molecule has 0 aliphatic carbocycles. The van der Waals surface area contributed by atoms with E-state index in [9.17, 15) is 31.5 Å². The smallest absolute Gasteiger partial charge is 0.419 e. The van der Waals surface area contributed by atoms with Gasteiger partial charge in [0.15, 0.2) is 0 Å². The first-order valence-electron chi connectivity index (χ1n) is 9.91. The predicted molar refractivity (Wildman–Crippen MR) is 106 cm³/mol. The molecule has 1 aromatic carbocycles. The Morgan fingerprint density at radius 2 is 1.85 bits per heavy atom. The molecule has 2 heterocycles. The SMILES string of the molecule is O=C(O)NCCOc1ccc(-c2ccc(C(=O)N3CCC(F)(F)CC3)cn2)cc1C(F)(F)F. The number of amides is 2. The number of carboxylic acid groups (broad SMARTS) is 1. The molecule has 1 aliphatic rings. The molecule has 2 aromatic rings. The van der Waals surface area contributed by atoms with Crippen LogP contribution in [-0.2, 0) is 6.18 Å². The summed E-state index contributed by atoms with van der Waals surface area (Å²) in [5, 5.41) is 10.5. The number of aromatic nitrogens is 1. The molecule has 0 radical (unpaired) electrons. The minimum atomic E-state index is -4.74. The molecule has 1 fully saturated rings. The fraction of sp³-hybridized carbons (Fsp3) is 0.381. The summed E-state index contributed by atoms with van der Waals surface area (Å²) in [5.41, 5.74) is -0.631. The Kier molecular flexibility index (Phi) is 7.04. The lowest BCUT2D eigenvalue weighted by atomic mass is 10.0. The van der Waals surface area contributed by atoms with Gasteiger partial charge in [0.25, 0.3) is 11.8 Å². The van der Waals surface area contributed by atoms with Crippen LogP contribution < -0.4 is 10.1 Å². The van der Waals surface area contributed by atoms with E-state index in [1.807, 2.05) is 5.32 Å². The molecule has 12 heteroatoms. The van der Waals surface area contributed by atoms with Crippen molar-refractivity contribution in [3.8, 4) is 17.0 Å². The highest BCUT2D eigenvalue weighted by Gasteiger charge is 2.36. The lowest BCUT2D eigenvalue weighted by molar-refractivity contribution is -0.138. The van der Waals surface area contributed by atoms with Crippen LogP contribution >= 0.6 is 0 Å². The maximum Gasteiger partial charge on any atom is 0.419 e. The molecule has 3 rings (SSSR count). The molecule has 33 heavy (non-hydrogen) atoms. The van der Waals surface area contributed by atoms with Gasteiger partial charge in [0.1, 0.15) is 12.4 Å². The van der Waals surface area contributed by atoms with Crippen molar-refractivity contribution in [2.45, 2.75) is 24.9 Å². The van der Waals surface area contributed by atoms with E-state index in [4.69, 9.17) is 9.84 Å². The van der Waals surface area contributed by atoms with Crippen LogP contribution in [0.25, 0.3) is 11.3 Å². The standard InChI is InChI=1S/C21H20F5N3O4/c22-20(23)5-8-29(9-6-20)18(30)14-1-3-16(28-12-14)13-2-4-17(15(11-13)21(24,25)26)33-10-7-27-19(31)32/h1-4,11-12,27H,5-10H2,(H,31,32). The van der Waals surface area contributed by atoms with Gasteiger partial charge in [0.05, 0.1) is 23.4 Å². The maximum absolute atomic E-state index is 13.5. The summed E-state index contributed by atoms with van der Waals surface area (Å²) < 4.78 is 72.1. The van der Waals surface area contributed by atoms with Crippen LogP contribution in [0.5, 0.6) is 5.75 Å². The summed E-state index contributed by atoms with van der Waals surface area (Å²) in [6.45, 7) is -0.676. The lowest BCUT2D eigenvalue weighted by Crippen LogP contribution is -2.42. The van der Waals surface area contributed by atoms with E-state index in [1.165, 1.54) is 29.3 Å². The average Bonchev–Trinajstić information content (AvgIpc) is 2.75. The van der Waals surface area contributed by atoms with Crippen LogP contribution in [-0.4, -0.2) is 59.2 Å². The Morgan fingerprint density at radius 1 is 1.15 bits per heavy atom. The second-order valence-corrected chi connectivity index (χ2v) is 7.37. The number of nitrogens with one attached hydrogen (secondary N) is 1. The third-order valence-electron chi connectivity index (χ3n) is 5.01. The summed E-state index contributed by atoms with van der Waals surface area (Å²) in [6.07, 6.45) is -5.72. The Balaban J connectivity index is 1.74. The van der Waals surface area contributed by atoms with Gasteiger partial charge in [-0.2, -0.15) is 13.2 Å². The van der Waals surface area contributed by atoms with E-state index < -0.39 is 48.3 Å². The molecular weight excluding hydrogens is 453 g/mol. The number of nitrogens with zero attached hydrogens (tertiary/aromatic N) is 2. The van der Waals surface area contributed by atoms with Crippen molar-refractivity contribution in [3.05, 3.63) is 47.7 Å². The topological polar surface area (TPSA) is 91.8 Å². The van der Waals surface area contributed by atoms with Crippen molar-refractivity contribution >= 4 is 12.0 Å². The molecule has 0 spiro atoms. The Hall–Kier alpha value is -3.44. The number of rotatable bonds is 6. The van der Waals surface area contributed by atoms with E-state index in [0.29, 0.717) is 0 Å². The van der Waals surface area contributed by atoms with Crippen molar-refractivity contribution in [2.75, 3.05) is 26.2 Å². The number of halogens is 5. The summed E-state index contributed by atoms with van der Waals surface area (Å²) in [7, 11) is 0.